The van der Waals surface area contributed by atoms with Crippen molar-refractivity contribution in [2.24, 2.45) is 16.8 Å². The van der Waals surface area contributed by atoms with Crippen molar-refractivity contribution in [3.05, 3.63) is 16.0 Å². The number of hydrogen-bond acceptors (Lipinski definition) is 7. The number of morpholine rings is 1. The highest BCUT2D eigenvalue weighted by Gasteiger charge is 2.23. The Balaban J connectivity index is 0.00000106. The van der Waals surface area contributed by atoms with Gasteiger partial charge in [0.15, 0.2) is 5.84 Å². The summed E-state index contributed by atoms with van der Waals surface area (Å²) >= 11 is 1.47. The fourth-order valence-electron chi connectivity index (χ4n) is 2.01. The highest BCUT2D eigenvalue weighted by molar-refractivity contribution is 7.18. The first-order valence-electron chi connectivity index (χ1n) is 6.84. The van der Waals surface area contributed by atoms with Crippen molar-refractivity contribution in [3.8, 4) is 6.07 Å². The number of amidine groups is 1. The van der Waals surface area contributed by atoms with E-state index in [1.807, 2.05) is 20.8 Å². The van der Waals surface area contributed by atoms with E-state index in [0.717, 1.165) is 28.5 Å². The molecule has 1 fully saturated rings. The number of nitrogens with two attached hydrogens (primary N) is 2. The smallest absolute Gasteiger partial charge is 0.177 e. The van der Waals surface area contributed by atoms with Gasteiger partial charge in [-0.2, -0.15) is 10.4 Å². The van der Waals surface area contributed by atoms with Crippen LogP contribution in [0.15, 0.2) is 5.10 Å². The monoisotopic (exact) mass is 310 g/mol. The maximum atomic E-state index is 9.35. The molecule has 0 aromatic carbocycles. The maximum absolute atomic E-state index is 9.35. The molecule has 0 bridgehead atoms. The van der Waals surface area contributed by atoms with Gasteiger partial charge < -0.3 is 20.9 Å². The van der Waals surface area contributed by atoms with E-state index < -0.39 is 0 Å². The second-order valence-electron chi connectivity index (χ2n) is 4.07. The molecule has 0 amide bonds. The van der Waals surface area contributed by atoms with Crippen LogP contribution in [0.5, 0.6) is 0 Å². The topological polar surface area (TPSA) is 113 Å². The van der Waals surface area contributed by atoms with Crippen molar-refractivity contribution in [2.45, 2.75) is 20.8 Å². The van der Waals surface area contributed by atoms with Gasteiger partial charge in [-0.05, 0) is 12.5 Å². The Morgan fingerprint density at radius 3 is 2.52 bits per heavy atom. The minimum absolute atomic E-state index is 0.388. The molecule has 116 valence electrons. The predicted octanol–water partition coefficient (Wildman–Crippen LogP) is 0.875. The normalized spacial score (nSPS) is 15.0. The number of rotatable bonds is 2. The van der Waals surface area contributed by atoms with Crippen LogP contribution in [-0.2, 0) is 4.74 Å². The molecule has 1 aromatic rings. The van der Waals surface area contributed by atoms with Gasteiger partial charge in [-0.25, -0.2) is 5.84 Å². The molecule has 0 spiro atoms. The van der Waals surface area contributed by atoms with Crippen molar-refractivity contribution in [2.75, 3.05) is 31.2 Å². The highest BCUT2D eigenvalue weighted by Crippen LogP contribution is 2.35. The molecule has 0 unspecified atom stereocenters. The van der Waals surface area contributed by atoms with Crippen LogP contribution in [-0.4, -0.2) is 32.1 Å². The van der Waals surface area contributed by atoms with E-state index in [-0.39, 0.29) is 0 Å². The van der Waals surface area contributed by atoms with Gasteiger partial charge >= 0.3 is 0 Å². The lowest BCUT2D eigenvalue weighted by Gasteiger charge is -2.27. The van der Waals surface area contributed by atoms with Gasteiger partial charge in [0.2, 0.25) is 0 Å². The molecule has 1 aliphatic rings. The van der Waals surface area contributed by atoms with E-state index in [9.17, 15) is 5.26 Å². The summed E-state index contributed by atoms with van der Waals surface area (Å²) in [5.41, 5.74) is 3.95. The number of ether oxygens (including phenoxy) is 1. The Morgan fingerprint density at radius 2 is 2.05 bits per heavy atom. The quantitative estimate of drug-likeness (QED) is 0.323. The lowest BCUT2D eigenvalue weighted by Crippen LogP contribution is -2.36. The van der Waals surface area contributed by atoms with Gasteiger partial charge in [-0.15, -0.1) is 11.3 Å². The molecule has 1 aromatic heterocycles. The number of nitrogens with zero attached hydrogens (tertiary/aromatic N) is 3. The fraction of sp³-hybridized carbons (Fsp3) is 0.538. The van der Waals surface area contributed by atoms with E-state index in [0.29, 0.717) is 24.6 Å². The van der Waals surface area contributed by atoms with Crippen LogP contribution < -0.4 is 22.0 Å². The molecular weight excluding hydrogens is 288 g/mol. The second kappa shape index (κ2) is 8.46. The first-order valence-corrected chi connectivity index (χ1v) is 7.65. The number of nitrogens with one attached hydrogen (secondary N) is 1. The standard InChI is InChI=1S/C11H16N6OS.C2H6/c1-7-8(6-12)11(17-2-4-18-5-3-17)19-9(7)10(15-13)16-14;1-2/h2-5,13-14H2,1H3,(H,15,16);1-2H3. The molecule has 0 atom stereocenters. The third-order valence-corrected chi connectivity index (χ3v) is 4.38. The van der Waals surface area contributed by atoms with Crippen LogP contribution in [0.2, 0.25) is 0 Å². The van der Waals surface area contributed by atoms with Crippen LogP contribution in [0.1, 0.15) is 29.9 Å². The summed E-state index contributed by atoms with van der Waals surface area (Å²) in [6, 6.07) is 2.25. The van der Waals surface area contributed by atoms with E-state index in [1.54, 1.807) is 0 Å². The van der Waals surface area contributed by atoms with Crippen LogP contribution in [0.4, 0.5) is 5.00 Å². The summed E-state index contributed by atoms with van der Waals surface area (Å²) in [6.45, 7) is 8.77. The molecule has 0 aliphatic carbocycles. The van der Waals surface area contributed by atoms with Gasteiger partial charge in [0.25, 0.3) is 0 Å². The van der Waals surface area contributed by atoms with Crippen LogP contribution in [0.3, 0.4) is 0 Å². The molecule has 21 heavy (non-hydrogen) atoms. The van der Waals surface area contributed by atoms with Gasteiger partial charge in [-0.3, -0.25) is 0 Å². The largest absolute Gasteiger partial charge is 0.378 e. The molecule has 2 rings (SSSR count). The van der Waals surface area contributed by atoms with Crippen molar-refractivity contribution in [1.29, 1.82) is 5.26 Å². The number of hydrazine groups is 1. The predicted molar refractivity (Wildman–Crippen MR) is 86.2 cm³/mol. The van der Waals surface area contributed by atoms with Crippen molar-refractivity contribution in [1.82, 2.24) is 5.43 Å². The molecule has 5 N–H and O–H groups in total. The molecule has 7 nitrogen and oxygen atoms in total. The minimum Gasteiger partial charge on any atom is -0.378 e. The third-order valence-electron chi connectivity index (χ3n) is 3.02. The average Bonchev–Trinajstić information content (AvgIpc) is 2.88. The van der Waals surface area contributed by atoms with Gasteiger partial charge in [-0.1, -0.05) is 13.8 Å². The Kier molecular flexibility index (Phi) is 6.94. The molecule has 1 aliphatic heterocycles. The summed E-state index contributed by atoms with van der Waals surface area (Å²) < 4.78 is 5.33. The first-order chi connectivity index (χ1) is 10.2. The van der Waals surface area contributed by atoms with Crippen molar-refractivity contribution >= 4 is 22.2 Å². The molecule has 2 heterocycles. The molecule has 0 saturated carbocycles. The number of hydrogen-bond donors (Lipinski definition) is 3. The maximum Gasteiger partial charge on any atom is 0.177 e. The van der Waals surface area contributed by atoms with E-state index in [2.05, 4.69) is 21.5 Å². The Morgan fingerprint density at radius 1 is 1.43 bits per heavy atom. The fourth-order valence-corrected chi connectivity index (χ4v) is 3.28. The van der Waals surface area contributed by atoms with Crippen molar-refractivity contribution in [3.63, 3.8) is 0 Å². The lowest BCUT2D eigenvalue weighted by atomic mass is 10.1. The highest BCUT2D eigenvalue weighted by atomic mass is 32.1. The summed E-state index contributed by atoms with van der Waals surface area (Å²) in [5.74, 6) is 11.1. The average molecular weight is 310 g/mol. The van der Waals surface area contributed by atoms with E-state index >= 15 is 0 Å². The number of anilines is 1. The van der Waals surface area contributed by atoms with Gasteiger partial charge in [0.1, 0.15) is 11.1 Å². The van der Waals surface area contributed by atoms with Crippen LogP contribution >= 0.6 is 11.3 Å². The number of nitriles is 1. The third kappa shape index (κ3) is 3.64. The lowest BCUT2D eigenvalue weighted by molar-refractivity contribution is 0.123. The number of thiophene rings is 1. The zero-order valence-electron chi connectivity index (χ0n) is 12.6. The van der Waals surface area contributed by atoms with E-state index in [4.69, 9.17) is 16.4 Å². The van der Waals surface area contributed by atoms with Gasteiger partial charge in [0, 0.05) is 13.1 Å². The van der Waals surface area contributed by atoms with Crippen LogP contribution in [0, 0.1) is 18.3 Å². The Bertz CT molecular complexity index is 527. The molecule has 8 heteroatoms. The molecular formula is C13H22N6OS. The van der Waals surface area contributed by atoms with E-state index in [1.165, 1.54) is 11.3 Å². The minimum atomic E-state index is 0.388. The summed E-state index contributed by atoms with van der Waals surface area (Å²) in [4.78, 5) is 2.94. The Labute approximate surface area is 129 Å². The SMILES string of the molecule is CC.Cc1c(/C(=N/N)NN)sc(N2CCOCC2)c1C#N. The summed E-state index contributed by atoms with van der Waals surface area (Å²) in [6.07, 6.45) is 0. The molecule has 0 radical (unpaired) electrons. The molecule has 1 saturated heterocycles. The number of hydrazone groups is 1. The summed E-state index contributed by atoms with van der Waals surface area (Å²) in [7, 11) is 0. The van der Waals surface area contributed by atoms with Crippen LogP contribution in [0.25, 0.3) is 0 Å². The first kappa shape index (κ1) is 17.2. The Hall–Kier alpha value is -1.82. The van der Waals surface area contributed by atoms with Crippen molar-refractivity contribution < 1.29 is 4.74 Å². The summed E-state index contributed by atoms with van der Waals surface area (Å²) in [5, 5.41) is 13.9. The zero-order chi connectivity index (χ0) is 15.8. The second-order valence-corrected chi connectivity index (χ2v) is 5.07. The zero-order valence-corrected chi connectivity index (χ0v) is 13.5. The van der Waals surface area contributed by atoms with Gasteiger partial charge in [0.05, 0.1) is 23.7 Å².